The van der Waals surface area contributed by atoms with Gasteiger partial charge in [0.1, 0.15) is 5.65 Å². The summed E-state index contributed by atoms with van der Waals surface area (Å²) in [6.45, 7) is 19.8. The summed E-state index contributed by atoms with van der Waals surface area (Å²) in [5.74, 6) is 0. The number of benzene rings is 1. The molecule has 1 N–H and O–H groups in total. The standard InChI is InChI=1S/C23H28ClN5.C3H8.C2H6/c1-4-21-23(29-10-9-19(24)15-22(29)26-21)17(2)25-16-18-5-7-20(8-6-18)28-13-11-27(3)12-14-28;1-3-2;1-2/h5-10,15,25H,2,4,11-14,16H2,1,3H3;3H2,1-2H3;1-2H3. The number of halogens is 1. The number of fused-ring (bicyclic) bond motifs is 1. The van der Waals surface area contributed by atoms with Crippen molar-refractivity contribution in [2.75, 3.05) is 38.1 Å². The first kappa shape index (κ1) is 27.7. The molecule has 0 unspecified atom stereocenters. The molecule has 4 rings (SSSR count). The minimum Gasteiger partial charge on any atom is -0.380 e. The zero-order valence-electron chi connectivity index (χ0n) is 21.9. The average molecular weight is 484 g/mol. The molecule has 34 heavy (non-hydrogen) atoms. The summed E-state index contributed by atoms with van der Waals surface area (Å²) < 4.78 is 2.05. The Morgan fingerprint density at radius 1 is 1.03 bits per heavy atom. The molecule has 6 heteroatoms. The van der Waals surface area contributed by atoms with Gasteiger partial charge in [-0.05, 0) is 37.2 Å². The minimum absolute atomic E-state index is 0.690. The van der Waals surface area contributed by atoms with Crippen LogP contribution >= 0.6 is 11.6 Å². The van der Waals surface area contributed by atoms with E-state index in [-0.39, 0.29) is 0 Å². The van der Waals surface area contributed by atoms with Crippen LogP contribution in [-0.4, -0.2) is 47.5 Å². The molecule has 0 radical (unpaired) electrons. The Balaban J connectivity index is 0.000000758. The zero-order chi connectivity index (χ0) is 25.1. The van der Waals surface area contributed by atoms with Crippen molar-refractivity contribution in [3.8, 4) is 0 Å². The highest BCUT2D eigenvalue weighted by Crippen LogP contribution is 2.22. The van der Waals surface area contributed by atoms with E-state index >= 15 is 0 Å². The lowest BCUT2D eigenvalue weighted by molar-refractivity contribution is 0.313. The van der Waals surface area contributed by atoms with Crippen molar-refractivity contribution in [3.05, 3.63) is 71.1 Å². The lowest BCUT2D eigenvalue weighted by atomic mass is 10.1. The predicted molar refractivity (Wildman–Crippen MR) is 149 cm³/mol. The summed E-state index contributed by atoms with van der Waals surface area (Å²) in [6.07, 6.45) is 4.05. The van der Waals surface area contributed by atoms with Crippen molar-refractivity contribution in [1.82, 2.24) is 19.6 Å². The Kier molecular flexibility index (Phi) is 11.4. The van der Waals surface area contributed by atoms with E-state index in [0.717, 1.165) is 61.9 Å². The van der Waals surface area contributed by atoms with Crippen LogP contribution in [0.2, 0.25) is 5.02 Å². The molecule has 0 saturated carbocycles. The molecule has 1 aromatic carbocycles. The number of hydrogen-bond donors (Lipinski definition) is 1. The monoisotopic (exact) mass is 483 g/mol. The molecule has 3 aromatic rings. The zero-order valence-corrected chi connectivity index (χ0v) is 22.6. The Bertz CT molecular complexity index is 1020. The Morgan fingerprint density at radius 3 is 2.24 bits per heavy atom. The van der Waals surface area contributed by atoms with E-state index in [2.05, 4.69) is 78.2 Å². The van der Waals surface area contributed by atoms with Gasteiger partial charge in [0.15, 0.2) is 0 Å². The third kappa shape index (κ3) is 7.25. The maximum Gasteiger partial charge on any atom is 0.139 e. The van der Waals surface area contributed by atoms with Gasteiger partial charge in [-0.3, -0.25) is 4.40 Å². The van der Waals surface area contributed by atoms with E-state index in [1.807, 2.05) is 32.2 Å². The van der Waals surface area contributed by atoms with Gasteiger partial charge >= 0.3 is 0 Å². The van der Waals surface area contributed by atoms with Crippen LogP contribution < -0.4 is 10.2 Å². The molecule has 0 bridgehead atoms. The van der Waals surface area contributed by atoms with Crippen LogP contribution in [0.5, 0.6) is 0 Å². The fourth-order valence-electron chi connectivity index (χ4n) is 3.82. The molecule has 0 amide bonds. The second-order valence-electron chi connectivity index (χ2n) is 8.33. The van der Waals surface area contributed by atoms with Gasteiger partial charge < -0.3 is 15.1 Å². The maximum absolute atomic E-state index is 6.12. The van der Waals surface area contributed by atoms with Gasteiger partial charge in [0, 0.05) is 55.7 Å². The number of nitrogens with one attached hydrogen (secondary N) is 1. The van der Waals surface area contributed by atoms with E-state index in [4.69, 9.17) is 16.6 Å². The van der Waals surface area contributed by atoms with Crippen LogP contribution in [0.1, 0.15) is 58.0 Å². The topological polar surface area (TPSA) is 35.8 Å². The van der Waals surface area contributed by atoms with E-state index in [0.29, 0.717) is 5.02 Å². The quantitative estimate of drug-likeness (QED) is 0.433. The number of anilines is 1. The van der Waals surface area contributed by atoms with Gasteiger partial charge in [-0.1, -0.05) is 71.4 Å². The van der Waals surface area contributed by atoms with Crippen LogP contribution in [0.4, 0.5) is 5.69 Å². The van der Waals surface area contributed by atoms with Crippen LogP contribution in [-0.2, 0) is 13.0 Å². The van der Waals surface area contributed by atoms with E-state index in [1.54, 1.807) is 0 Å². The van der Waals surface area contributed by atoms with Crippen molar-refractivity contribution in [3.63, 3.8) is 0 Å². The van der Waals surface area contributed by atoms with E-state index in [1.165, 1.54) is 17.7 Å². The minimum atomic E-state index is 0.690. The third-order valence-electron chi connectivity index (χ3n) is 5.59. The molecule has 186 valence electrons. The van der Waals surface area contributed by atoms with Gasteiger partial charge in [-0.25, -0.2) is 4.98 Å². The normalized spacial score (nSPS) is 13.6. The highest BCUT2D eigenvalue weighted by atomic mass is 35.5. The number of pyridine rings is 1. The van der Waals surface area contributed by atoms with Crippen LogP contribution in [0.15, 0.2) is 49.2 Å². The summed E-state index contributed by atoms with van der Waals surface area (Å²) in [5, 5.41) is 4.17. The van der Waals surface area contributed by atoms with Crippen molar-refractivity contribution in [1.29, 1.82) is 0 Å². The molecule has 1 saturated heterocycles. The molecular formula is C28H42ClN5. The fourth-order valence-corrected chi connectivity index (χ4v) is 3.97. The Labute approximate surface area is 211 Å². The second kappa shape index (κ2) is 14.0. The maximum atomic E-state index is 6.12. The molecule has 1 fully saturated rings. The van der Waals surface area contributed by atoms with E-state index < -0.39 is 0 Å². The molecule has 0 aliphatic carbocycles. The highest BCUT2D eigenvalue weighted by molar-refractivity contribution is 6.30. The van der Waals surface area contributed by atoms with Crippen LogP contribution in [0, 0.1) is 0 Å². The lowest BCUT2D eigenvalue weighted by Gasteiger charge is -2.34. The Hall–Kier alpha value is -2.50. The number of nitrogens with zero attached hydrogens (tertiary/aromatic N) is 4. The number of piperazine rings is 1. The second-order valence-corrected chi connectivity index (χ2v) is 8.77. The summed E-state index contributed by atoms with van der Waals surface area (Å²) >= 11 is 6.12. The number of likely N-dealkylation sites (N-methyl/N-ethyl adjacent to an activating group) is 1. The largest absolute Gasteiger partial charge is 0.380 e. The van der Waals surface area contributed by atoms with Crippen LogP contribution in [0.25, 0.3) is 11.3 Å². The molecule has 5 nitrogen and oxygen atoms in total. The van der Waals surface area contributed by atoms with Crippen molar-refractivity contribution in [2.45, 2.75) is 54.0 Å². The SMILES string of the molecule is C=C(NCc1ccc(N2CCN(C)CC2)cc1)c1c(CC)nc2cc(Cl)ccn12.CC.CCC. The smallest absolute Gasteiger partial charge is 0.139 e. The molecule has 3 heterocycles. The van der Waals surface area contributed by atoms with Gasteiger partial charge in [-0.15, -0.1) is 0 Å². The molecule has 1 aliphatic heterocycles. The highest BCUT2D eigenvalue weighted by Gasteiger charge is 2.15. The van der Waals surface area contributed by atoms with Gasteiger partial charge in [0.05, 0.1) is 17.1 Å². The Morgan fingerprint density at radius 2 is 1.65 bits per heavy atom. The first-order valence-corrected chi connectivity index (χ1v) is 13.0. The van der Waals surface area contributed by atoms with Crippen molar-refractivity contribution in [2.24, 2.45) is 0 Å². The number of aryl methyl sites for hydroxylation is 1. The van der Waals surface area contributed by atoms with Gasteiger partial charge in [-0.2, -0.15) is 0 Å². The molecular weight excluding hydrogens is 442 g/mol. The first-order valence-electron chi connectivity index (χ1n) is 12.6. The average Bonchev–Trinajstić information content (AvgIpc) is 3.23. The van der Waals surface area contributed by atoms with E-state index in [9.17, 15) is 0 Å². The molecule has 0 spiro atoms. The first-order chi connectivity index (χ1) is 16.5. The van der Waals surface area contributed by atoms with Crippen molar-refractivity contribution < 1.29 is 0 Å². The number of hydrogen-bond acceptors (Lipinski definition) is 4. The number of aromatic nitrogens is 2. The molecule has 1 aliphatic rings. The van der Waals surface area contributed by atoms with Crippen LogP contribution in [0.3, 0.4) is 0 Å². The predicted octanol–water partition coefficient (Wildman–Crippen LogP) is 6.50. The third-order valence-corrected chi connectivity index (χ3v) is 5.83. The summed E-state index contributed by atoms with van der Waals surface area (Å²) in [7, 11) is 2.18. The van der Waals surface area contributed by atoms with Gasteiger partial charge in [0.25, 0.3) is 0 Å². The van der Waals surface area contributed by atoms with Crippen molar-refractivity contribution >= 4 is 28.6 Å². The fraction of sp³-hybridized carbons (Fsp3) is 0.464. The van der Waals surface area contributed by atoms with Gasteiger partial charge in [0.2, 0.25) is 0 Å². The number of imidazole rings is 1. The molecule has 2 aromatic heterocycles. The summed E-state index contributed by atoms with van der Waals surface area (Å²) in [4.78, 5) is 9.53. The summed E-state index contributed by atoms with van der Waals surface area (Å²) in [6, 6.07) is 12.6. The summed E-state index contributed by atoms with van der Waals surface area (Å²) in [5.41, 5.74) is 6.30. The molecule has 0 atom stereocenters. The lowest BCUT2D eigenvalue weighted by Crippen LogP contribution is -2.44. The number of rotatable bonds is 6.